The van der Waals surface area contributed by atoms with Crippen molar-refractivity contribution < 1.29 is 8.42 Å². The van der Waals surface area contributed by atoms with Crippen molar-refractivity contribution in [1.82, 2.24) is 19.4 Å². The van der Waals surface area contributed by atoms with Crippen molar-refractivity contribution in [2.75, 3.05) is 26.7 Å². The average molecular weight is 298 g/mol. The number of nitrogens with zero attached hydrogens (tertiary/aromatic N) is 3. The van der Waals surface area contributed by atoms with Crippen LogP contribution in [0.2, 0.25) is 0 Å². The molecule has 0 bridgehead atoms. The Morgan fingerprint density at radius 3 is 2.60 bits per heavy atom. The summed E-state index contributed by atoms with van der Waals surface area (Å²) >= 11 is 0. The Balaban J connectivity index is 2.85. The van der Waals surface area contributed by atoms with Gasteiger partial charge in [0.05, 0.1) is 6.20 Å². The normalized spacial score (nSPS) is 11.7. The Morgan fingerprint density at radius 2 is 2.05 bits per heavy atom. The van der Waals surface area contributed by atoms with Crippen molar-refractivity contribution in [1.29, 1.82) is 0 Å². The molecule has 0 unspecified atom stereocenters. The second-order valence-electron chi connectivity index (χ2n) is 4.30. The fourth-order valence-corrected chi connectivity index (χ4v) is 3.06. The summed E-state index contributed by atoms with van der Waals surface area (Å²) in [5.41, 5.74) is 0. The summed E-state index contributed by atoms with van der Waals surface area (Å²) in [7, 11) is -1.67. The monoisotopic (exact) mass is 298 g/mol. The first-order valence-corrected chi connectivity index (χ1v) is 7.89. The van der Waals surface area contributed by atoms with Gasteiger partial charge in [0.1, 0.15) is 4.90 Å². The average Bonchev–Trinajstić information content (AvgIpc) is 2.88. The van der Waals surface area contributed by atoms with Gasteiger partial charge in [-0.3, -0.25) is 4.68 Å². The van der Waals surface area contributed by atoms with Crippen molar-refractivity contribution in [3.63, 3.8) is 0 Å². The summed E-state index contributed by atoms with van der Waals surface area (Å²) in [5, 5.41) is 7.13. The second kappa shape index (κ2) is 7.98. The molecular formula is C13H22N4O2S. The lowest BCUT2D eigenvalue weighted by atomic mass is 10.4. The molecule has 7 heteroatoms. The number of aryl methyl sites for hydroxylation is 1. The van der Waals surface area contributed by atoms with Crippen LogP contribution in [0.5, 0.6) is 0 Å². The lowest BCUT2D eigenvalue weighted by Crippen LogP contribution is -2.31. The van der Waals surface area contributed by atoms with Crippen LogP contribution >= 0.6 is 0 Å². The van der Waals surface area contributed by atoms with Crippen LogP contribution in [0.3, 0.4) is 0 Å². The van der Waals surface area contributed by atoms with Gasteiger partial charge in [-0.2, -0.15) is 9.40 Å². The molecule has 1 rings (SSSR count). The molecule has 0 aliphatic rings. The third kappa shape index (κ3) is 4.29. The summed E-state index contributed by atoms with van der Waals surface area (Å²) in [6.45, 7) is 9.19. The maximum atomic E-state index is 12.4. The third-order valence-corrected chi connectivity index (χ3v) is 4.51. The number of aromatic nitrogens is 2. The number of rotatable bonds is 10. The molecule has 0 saturated heterocycles. The molecule has 6 nitrogen and oxygen atoms in total. The number of hydrogen-bond acceptors (Lipinski definition) is 4. The highest BCUT2D eigenvalue weighted by Crippen LogP contribution is 2.14. The topological polar surface area (TPSA) is 67.2 Å². The Morgan fingerprint density at radius 1 is 1.40 bits per heavy atom. The van der Waals surface area contributed by atoms with Crippen molar-refractivity contribution in [3.05, 3.63) is 37.7 Å². The summed E-state index contributed by atoms with van der Waals surface area (Å²) in [6, 6.07) is 0. The van der Waals surface area contributed by atoms with E-state index in [9.17, 15) is 8.42 Å². The van der Waals surface area contributed by atoms with E-state index in [4.69, 9.17) is 0 Å². The van der Waals surface area contributed by atoms with Gasteiger partial charge in [-0.1, -0.05) is 12.2 Å². The molecule has 112 valence electrons. The van der Waals surface area contributed by atoms with E-state index in [1.807, 2.05) is 7.05 Å². The van der Waals surface area contributed by atoms with E-state index in [-0.39, 0.29) is 18.0 Å². The lowest BCUT2D eigenvalue weighted by Gasteiger charge is -2.17. The molecule has 0 aliphatic carbocycles. The van der Waals surface area contributed by atoms with Gasteiger partial charge in [0, 0.05) is 25.8 Å². The van der Waals surface area contributed by atoms with E-state index >= 15 is 0 Å². The fourth-order valence-electron chi connectivity index (χ4n) is 1.73. The standard InChI is InChI=1S/C13H22N4O2S/c1-4-8-17(9-5-2)20(18,19)13-11-15-16(12-13)10-6-7-14-3/h4-5,11-12,14H,1-2,6-10H2,3H3. The third-order valence-electron chi connectivity index (χ3n) is 2.73. The molecule has 0 fully saturated rings. The zero-order valence-corrected chi connectivity index (χ0v) is 12.6. The highest BCUT2D eigenvalue weighted by Gasteiger charge is 2.23. The van der Waals surface area contributed by atoms with Gasteiger partial charge in [0.25, 0.3) is 0 Å². The first-order valence-electron chi connectivity index (χ1n) is 6.45. The van der Waals surface area contributed by atoms with Gasteiger partial charge in [0.2, 0.25) is 10.0 Å². The van der Waals surface area contributed by atoms with Crippen LogP contribution in [-0.4, -0.2) is 49.2 Å². The molecular weight excluding hydrogens is 276 g/mol. The largest absolute Gasteiger partial charge is 0.320 e. The highest BCUT2D eigenvalue weighted by molar-refractivity contribution is 7.89. The van der Waals surface area contributed by atoms with Gasteiger partial charge in [-0.25, -0.2) is 8.42 Å². The first kappa shape index (κ1) is 16.6. The van der Waals surface area contributed by atoms with Gasteiger partial charge < -0.3 is 5.32 Å². The first-order chi connectivity index (χ1) is 9.56. The Hall–Kier alpha value is -1.44. The number of nitrogens with one attached hydrogen (secondary N) is 1. The molecule has 1 aromatic heterocycles. The molecule has 20 heavy (non-hydrogen) atoms. The molecule has 1 aromatic rings. The summed E-state index contributed by atoms with van der Waals surface area (Å²) in [6.07, 6.45) is 6.94. The predicted octanol–water partition coefficient (Wildman–Crippen LogP) is 0.855. The minimum absolute atomic E-state index is 0.200. The van der Waals surface area contributed by atoms with E-state index in [1.165, 1.54) is 10.5 Å². The van der Waals surface area contributed by atoms with Crippen LogP contribution in [0, 0.1) is 0 Å². The Bertz CT molecular complexity index is 526. The second-order valence-corrected chi connectivity index (χ2v) is 6.23. The fraction of sp³-hybridized carbons (Fsp3) is 0.462. The van der Waals surface area contributed by atoms with Crippen molar-refractivity contribution >= 4 is 10.0 Å². The number of sulfonamides is 1. The van der Waals surface area contributed by atoms with E-state index in [2.05, 4.69) is 23.6 Å². The minimum atomic E-state index is -3.54. The molecule has 1 N–H and O–H groups in total. The molecule has 0 saturated carbocycles. The summed E-state index contributed by atoms with van der Waals surface area (Å²) in [5.74, 6) is 0. The van der Waals surface area contributed by atoms with E-state index in [0.29, 0.717) is 6.54 Å². The molecule has 0 aliphatic heterocycles. The molecule has 0 amide bonds. The summed E-state index contributed by atoms with van der Waals surface area (Å²) < 4.78 is 27.8. The van der Waals surface area contributed by atoms with E-state index in [1.54, 1.807) is 23.0 Å². The summed E-state index contributed by atoms with van der Waals surface area (Å²) in [4.78, 5) is 0.200. The smallest absolute Gasteiger partial charge is 0.246 e. The zero-order valence-electron chi connectivity index (χ0n) is 11.8. The quantitative estimate of drug-likeness (QED) is 0.514. The van der Waals surface area contributed by atoms with Crippen LogP contribution in [0.4, 0.5) is 0 Å². The van der Waals surface area contributed by atoms with Crippen molar-refractivity contribution in [3.8, 4) is 0 Å². The molecule has 0 aromatic carbocycles. The van der Waals surface area contributed by atoms with Crippen LogP contribution in [0.15, 0.2) is 42.6 Å². The van der Waals surface area contributed by atoms with Gasteiger partial charge in [0.15, 0.2) is 0 Å². The Kier molecular flexibility index (Phi) is 6.63. The molecule has 0 spiro atoms. The molecule has 1 heterocycles. The SMILES string of the molecule is C=CCN(CC=C)S(=O)(=O)c1cnn(CCCNC)c1. The maximum absolute atomic E-state index is 12.4. The lowest BCUT2D eigenvalue weighted by molar-refractivity contribution is 0.474. The van der Waals surface area contributed by atoms with E-state index in [0.717, 1.165) is 13.0 Å². The van der Waals surface area contributed by atoms with Crippen LogP contribution in [0.1, 0.15) is 6.42 Å². The predicted molar refractivity (Wildman–Crippen MR) is 79.9 cm³/mol. The van der Waals surface area contributed by atoms with Crippen molar-refractivity contribution in [2.24, 2.45) is 0 Å². The van der Waals surface area contributed by atoms with Gasteiger partial charge in [-0.05, 0) is 20.0 Å². The Labute approximate surface area is 120 Å². The van der Waals surface area contributed by atoms with Gasteiger partial charge >= 0.3 is 0 Å². The van der Waals surface area contributed by atoms with Crippen LogP contribution < -0.4 is 5.32 Å². The highest BCUT2D eigenvalue weighted by atomic mass is 32.2. The van der Waals surface area contributed by atoms with Crippen LogP contribution in [0.25, 0.3) is 0 Å². The molecule has 0 atom stereocenters. The zero-order chi connectivity index (χ0) is 15.0. The van der Waals surface area contributed by atoms with Crippen LogP contribution in [-0.2, 0) is 16.6 Å². The maximum Gasteiger partial charge on any atom is 0.246 e. The minimum Gasteiger partial charge on any atom is -0.320 e. The van der Waals surface area contributed by atoms with E-state index < -0.39 is 10.0 Å². The van der Waals surface area contributed by atoms with Crippen molar-refractivity contribution in [2.45, 2.75) is 17.9 Å². The number of hydrogen-bond donors (Lipinski definition) is 1. The van der Waals surface area contributed by atoms with Gasteiger partial charge in [-0.15, -0.1) is 13.2 Å². The molecule has 0 radical (unpaired) electrons.